The van der Waals surface area contributed by atoms with Crippen molar-refractivity contribution < 1.29 is 24.5 Å². The molecule has 58 heavy (non-hydrogen) atoms. The highest BCUT2D eigenvalue weighted by Gasteiger charge is 2.18. The van der Waals surface area contributed by atoms with E-state index in [-0.39, 0.29) is 18.5 Å². The van der Waals surface area contributed by atoms with E-state index in [0.717, 1.165) is 38.5 Å². The molecule has 0 aliphatic heterocycles. The molecule has 0 saturated carbocycles. The van der Waals surface area contributed by atoms with E-state index in [2.05, 4.69) is 19.2 Å². The van der Waals surface area contributed by atoms with Crippen LogP contribution in [0.4, 0.5) is 0 Å². The Morgan fingerprint density at radius 3 is 1.17 bits per heavy atom. The Labute approximate surface area is 361 Å². The van der Waals surface area contributed by atoms with Crippen LogP contribution in [-0.2, 0) is 14.3 Å². The number of esters is 1. The summed E-state index contributed by atoms with van der Waals surface area (Å²) in [5, 5.41) is 23.0. The first kappa shape index (κ1) is 56.6. The Kier molecular flexibility index (Phi) is 47.1. The van der Waals surface area contributed by atoms with Crippen molar-refractivity contribution in [3.05, 3.63) is 12.2 Å². The maximum absolute atomic E-state index is 12.4. The molecule has 0 aromatic rings. The van der Waals surface area contributed by atoms with E-state index in [1.54, 1.807) is 6.08 Å². The van der Waals surface area contributed by atoms with Gasteiger partial charge in [0.05, 0.1) is 25.4 Å². The van der Waals surface area contributed by atoms with Crippen LogP contribution in [0.3, 0.4) is 0 Å². The second-order valence-corrected chi connectivity index (χ2v) is 17.9. The number of allylic oxidation sites excluding steroid dienone is 1. The number of ether oxygens (including phenoxy) is 1. The van der Waals surface area contributed by atoms with Gasteiger partial charge in [-0.1, -0.05) is 251 Å². The fraction of sp³-hybridized carbons (Fsp3) is 0.923. The van der Waals surface area contributed by atoms with Gasteiger partial charge in [-0.15, -0.1) is 0 Å². The van der Waals surface area contributed by atoms with E-state index in [1.807, 2.05) is 6.08 Å². The fourth-order valence-electron chi connectivity index (χ4n) is 8.05. The number of aliphatic hydroxyl groups is 2. The quantitative estimate of drug-likeness (QED) is 0.0323. The van der Waals surface area contributed by atoms with Gasteiger partial charge in [0.15, 0.2) is 0 Å². The molecule has 3 N–H and O–H groups in total. The number of rotatable bonds is 48. The van der Waals surface area contributed by atoms with Gasteiger partial charge < -0.3 is 20.3 Å². The van der Waals surface area contributed by atoms with E-state index in [9.17, 15) is 19.8 Å². The molecule has 0 spiro atoms. The molecule has 0 fully saturated rings. The average molecular weight is 820 g/mol. The number of unbranched alkanes of at least 4 members (excludes halogenated alkanes) is 37. The smallest absolute Gasteiger partial charge is 0.305 e. The zero-order valence-corrected chi connectivity index (χ0v) is 39.0. The summed E-state index contributed by atoms with van der Waals surface area (Å²) in [6.07, 6.45) is 55.0. The predicted octanol–water partition coefficient (Wildman–Crippen LogP) is 15.3. The third-order valence-electron chi connectivity index (χ3n) is 12.1. The highest BCUT2D eigenvalue weighted by Crippen LogP contribution is 2.16. The molecule has 0 aromatic heterocycles. The van der Waals surface area contributed by atoms with Gasteiger partial charge in [-0.3, -0.25) is 9.59 Å². The van der Waals surface area contributed by atoms with Crippen LogP contribution in [-0.4, -0.2) is 47.4 Å². The van der Waals surface area contributed by atoms with Crippen LogP contribution in [0.1, 0.15) is 284 Å². The van der Waals surface area contributed by atoms with Crippen molar-refractivity contribution in [2.45, 2.75) is 296 Å². The molecule has 0 radical (unpaired) electrons. The monoisotopic (exact) mass is 820 g/mol. The lowest BCUT2D eigenvalue weighted by Crippen LogP contribution is -2.45. The number of aliphatic hydroxyl groups excluding tert-OH is 2. The first-order chi connectivity index (χ1) is 28.5. The molecule has 0 aliphatic carbocycles. The van der Waals surface area contributed by atoms with Gasteiger partial charge in [0.1, 0.15) is 0 Å². The van der Waals surface area contributed by atoms with E-state index in [1.165, 1.54) is 218 Å². The Bertz CT molecular complexity index is 863. The molecule has 344 valence electrons. The molecule has 6 heteroatoms. The van der Waals surface area contributed by atoms with Crippen molar-refractivity contribution >= 4 is 11.9 Å². The Morgan fingerprint density at radius 1 is 0.466 bits per heavy atom. The first-order valence-electron chi connectivity index (χ1n) is 26.0. The summed E-state index contributed by atoms with van der Waals surface area (Å²) in [5.74, 6) is -0.0637. The molecule has 0 aromatic carbocycles. The zero-order valence-electron chi connectivity index (χ0n) is 39.0. The topological polar surface area (TPSA) is 95.9 Å². The molecule has 0 saturated heterocycles. The average Bonchev–Trinajstić information content (AvgIpc) is 3.22. The number of nitrogens with one attached hydrogen (secondary N) is 1. The molecule has 0 bridgehead atoms. The Hall–Kier alpha value is -1.40. The van der Waals surface area contributed by atoms with Crippen molar-refractivity contribution in [2.24, 2.45) is 0 Å². The minimum Gasteiger partial charge on any atom is -0.466 e. The normalized spacial score (nSPS) is 12.7. The predicted molar refractivity (Wildman–Crippen MR) is 250 cm³/mol. The summed E-state index contributed by atoms with van der Waals surface area (Å²) >= 11 is 0. The molecule has 1 amide bonds. The van der Waals surface area contributed by atoms with Gasteiger partial charge >= 0.3 is 5.97 Å². The van der Waals surface area contributed by atoms with Crippen LogP contribution in [0.15, 0.2) is 12.2 Å². The van der Waals surface area contributed by atoms with Crippen molar-refractivity contribution in [1.29, 1.82) is 0 Å². The lowest BCUT2D eigenvalue weighted by atomic mass is 10.0. The van der Waals surface area contributed by atoms with Crippen LogP contribution in [0.2, 0.25) is 0 Å². The van der Waals surface area contributed by atoms with Crippen LogP contribution in [0.25, 0.3) is 0 Å². The van der Waals surface area contributed by atoms with Crippen molar-refractivity contribution in [2.75, 3.05) is 13.2 Å². The number of carbonyl (C=O) groups is 2. The summed E-state index contributed by atoms with van der Waals surface area (Å²) in [7, 11) is 0. The lowest BCUT2D eigenvalue weighted by molar-refractivity contribution is -0.143. The van der Waals surface area contributed by atoms with Gasteiger partial charge in [0, 0.05) is 12.8 Å². The fourth-order valence-corrected chi connectivity index (χ4v) is 8.05. The molecular formula is C52H101NO5. The number of carbonyl (C=O) groups excluding carboxylic acids is 2. The maximum Gasteiger partial charge on any atom is 0.305 e. The van der Waals surface area contributed by atoms with Crippen LogP contribution in [0.5, 0.6) is 0 Å². The molecule has 0 aliphatic rings. The molecule has 0 rings (SSSR count). The maximum atomic E-state index is 12.4. The van der Waals surface area contributed by atoms with Crippen molar-refractivity contribution in [3.8, 4) is 0 Å². The number of hydrogen-bond acceptors (Lipinski definition) is 5. The van der Waals surface area contributed by atoms with Gasteiger partial charge in [-0.05, 0) is 32.1 Å². The third-order valence-corrected chi connectivity index (χ3v) is 12.1. The van der Waals surface area contributed by atoms with Gasteiger partial charge in [0.25, 0.3) is 0 Å². The minimum atomic E-state index is -0.843. The SMILES string of the molecule is CCCCCCCCCCC/C=C/C(O)C(CO)NC(=O)CCCCCCCCCCCCCCCCCCCCCOC(=O)CCCCCCCCCCCCC. The highest BCUT2D eigenvalue weighted by atomic mass is 16.5. The molecule has 6 nitrogen and oxygen atoms in total. The van der Waals surface area contributed by atoms with E-state index < -0.39 is 12.1 Å². The highest BCUT2D eigenvalue weighted by molar-refractivity contribution is 5.76. The van der Waals surface area contributed by atoms with Crippen LogP contribution < -0.4 is 5.32 Å². The van der Waals surface area contributed by atoms with E-state index in [4.69, 9.17) is 4.74 Å². The first-order valence-corrected chi connectivity index (χ1v) is 26.0. The van der Waals surface area contributed by atoms with Crippen LogP contribution in [0, 0.1) is 0 Å². The number of hydrogen-bond donors (Lipinski definition) is 3. The number of amides is 1. The van der Waals surface area contributed by atoms with Gasteiger partial charge in [-0.2, -0.15) is 0 Å². The zero-order chi connectivity index (χ0) is 42.3. The molecular weight excluding hydrogens is 719 g/mol. The van der Waals surface area contributed by atoms with E-state index in [0.29, 0.717) is 19.4 Å². The Balaban J connectivity index is 3.41. The summed E-state index contributed by atoms with van der Waals surface area (Å²) < 4.78 is 5.45. The summed E-state index contributed by atoms with van der Waals surface area (Å²) in [5.41, 5.74) is 0. The van der Waals surface area contributed by atoms with Crippen molar-refractivity contribution in [1.82, 2.24) is 5.32 Å². The molecule has 0 heterocycles. The van der Waals surface area contributed by atoms with E-state index >= 15 is 0 Å². The standard InChI is InChI=1S/C52H101NO5/c1-3-5-7-9-11-13-24-28-32-36-40-44-50(55)49(48-54)53-51(56)45-41-37-33-29-26-22-20-18-16-15-17-19-21-23-27-31-35-39-43-47-58-52(57)46-42-38-34-30-25-14-12-10-8-6-4-2/h40,44,49-50,54-55H,3-39,41-43,45-48H2,1-2H3,(H,53,56)/b44-40+. The molecule has 2 unspecified atom stereocenters. The Morgan fingerprint density at radius 2 is 0.793 bits per heavy atom. The largest absolute Gasteiger partial charge is 0.466 e. The van der Waals surface area contributed by atoms with Crippen LogP contribution >= 0.6 is 0 Å². The summed E-state index contributed by atoms with van der Waals surface area (Å²) in [6, 6.07) is -0.627. The summed E-state index contributed by atoms with van der Waals surface area (Å²) in [4.78, 5) is 24.4. The lowest BCUT2D eigenvalue weighted by Gasteiger charge is -2.20. The minimum absolute atomic E-state index is 0.00784. The second kappa shape index (κ2) is 48.3. The van der Waals surface area contributed by atoms with Gasteiger partial charge in [-0.25, -0.2) is 0 Å². The second-order valence-electron chi connectivity index (χ2n) is 17.9. The van der Waals surface area contributed by atoms with Crippen molar-refractivity contribution in [3.63, 3.8) is 0 Å². The summed E-state index contributed by atoms with van der Waals surface area (Å²) in [6.45, 7) is 4.88. The molecule has 2 atom stereocenters. The third kappa shape index (κ3) is 44.2. The van der Waals surface area contributed by atoms with Gasteiger partial charge in [0.2, 0.25) is 5.91 Å².